The van der Waals surface area contributed by atoms with Crippen LogP contribution in [0.3, 0.4) is 0 Å². The number of ether oxygens (including phenoxy) is 1. The number of amides is 3. The third-order valence-corrected chi connectivity index (χ3v) is 4.39. The van der Waals surface area contributed by atoms with Crippen molar-refractivity contribution in [2.45, 2.75) is 24.3 Å². The summed E-state index contributed by atoms with van der Waals surface area (Å²) in [5.41, 5.74) is -0.984. The van der Waals surface area contributed by atoms with Crippen molar-refractivity contribution >= 4 is 41.3 Å². The number of rotatable bonds is 6. The van der Waals surface area contributed by atoms with Crippen LogP contribution in [0.1, 0.15) is 13.8 Å². The van der Waals surface area contributed by atoms with Crippen LogP contribution >= 0.6 is 23.4 Å². The van der Waals surface area contributed by atoms with Gasteiger partial charge in [-0.3, -0.25) is 14.5 Å². The minimum absolute atomic E-state index is 0.194. The average molecular weight is 357 g/mol. The van der Waals surface area contributed by atoms with Crippen molar-refractivity contribution in [3.63, 3.8) is 0 Å². The normalized spacial score (nSPS) is 16.4. The highest BCUT2D eigenvalue weighted by Crippen LogP contribution is 2.20. The molecule has 0 aromatic heterocycles. The Morgan fingerprint density at radius 2 is 1.96 bits per heavy atom. The van der Waals surface area contributed by atoms with Crippen molar-refractivity contribution in [3.05, 3.63) is 29.3 Å². The molecule has 0 saturated carbocycles. The molecule has 1 aromatic rings. The number of carbonyl (C=O) groups excluding carboxylic acids is 3. The fraction of sp³-hybridized carbons (Fsp3) is 0.400. The van der Waals surface area contributed by atoms with Crippen LogP contribution in [0, 0.1) is 0 Å². The molecule has 23 heavy (non-hydrogen) atoms. The summed E-state index contributed by atoms with van der Waals surface area (Å²) in [6.07, 6.45) is 0. The molecular weight excluding hydrogens is 340 g/mol. The lowest BCUT2D eigenvalue weighted by Crippen LogP contribution is -2.41. The molecular formula is C15H17ClN2O4S. The summed E-state index contributed by atoms with van der Waals surface area (Å²) in [5.74, 6) is -0.475. The Morgan fingerprint density at radius 3 is 2.52 bits per heavy atom. The predicted octanol–water partition coefficient (Wildman–Crippen LogP) is 2.31. The first-order chi connectivity index (χ1) is 10.8. The molecule has 1 saturated heterocycles. The Bertz CT molecular complexity index is 618. The quantitative estimate of drug-likeness (QED) is 0.366. The molecule has 0 atom stereocenters. The number of urea groups is 1. The first kappa shape index (κ1) is 17.6. The highest BCUT2D eigenvalue weighted by Gasteiger charge is 2.45. The van der Waals surface area contributed by atoms with E-state index in [0.29, 0.717) is 10.8 Å². The van der Waals surface area contributed by atoms with Crippen LogP contribution in [-0.4, -0.2) is 47.3 Å². The number of hydrogen-bond acceptors (Lipinski definition) is 5. The third kappa shape index (κ3) is 4.62. The summed E-state index contributed by atoms with van der Waals surface area (Å²) >= 11 is 7.31. The SMILES string of the molecule is CC1(C)NC(=O)N(CC(=O)OCCSc2ccc(Cl)cc2)C1=O. The van der Waals surface area contributed by atoms with E-state index in [0.717, 1.165) is 9.80 Å². The number of halogens is 1. The monoisotopic (exact) mass is 356 g/mol. The van der Waals surface area contributed by atoms with Crippen LogP contribution in [0.5, 0.6) is 0 Å². The van der Waals surface area contributed by atoms with Gasteiger partial charge in [0.2, 0.25) is 0 Å². The van der Waals surface area contributed by atoms with Gasteiger partial charge in [0.05, 0.1) is 0 Å². The van der Waals surface area contributed by atoms with Crippen molar-refractivity contribution in [3.8, 4) is 0 Å². The van der Waals surface area contributed by atoms with Crippen LogP contribution < -0.4 is 5.32 Å². The van der Waals surface area contributed by atoms with Gasteiger partial charge in [0.25, 0.3) is 5.91 Å². The zero-order valence-corrected chi connectivity index (χ0v) is 14.4. The van der Waals surface area contributed by atoms with Crippen molar-refractivity contribution in [2.24, 2.45) is 0 Å². The minimum atomic E-state index is -0.984. The maximum Gasteiger partial charge on any atom is 0.326 e. The van der Waals surface area contributed by atoms with Gasteiger partial charge in [-0.25, -0.2) is 4.79 Å². The van der Waals surface area contributed by atoms with Gasteiger partial charge in [0.1, 0.15) is 18.7 Å². The number of nitrogens with zero attached hydrogens (tertiary/aromatic N) is 1. The molecule has 6 nitrogen and oxygen atoms in total. The Kier molecular flexibility index (Phi) is 5.54. The Morgan fingerprint density at radius 1 is 1.30 bits per heavy atom. The number of esters is 1. The van der Waals surface area contributed by atoms with E-state index in [1.165, 1.54) is 11.8 Å². The molecule has 1 aliphatic rings. The van der Waals surface area contributed by atoms with Gasteiger partial charge in [-0.2, -0.15) is 0 Å². The van der Waals surface area contributed by atoms with E-state index in [-0.39, 0.29) is 13.2 Å². The van der Waals surface area contributed by atoms with Crippen molar-refractivity contribution in [2.75, 3.05) is 18.9 Å². The highest BCUT2D eigenvalue weighted by molar-refractivity contribution is 7.99. The minimum Gasteiger partial charge on any atom is -0.463 e. The predicted molar refractivity (Wildman–Crippen MR) is 87.5 cm³/mol. The van der Waals surface area contributed by atoms with Gasteiger partial charge < -0.3 is 10.1 Å². The molecule has 124 valence electrons. The van der Waals surface area contributed by atoms with E-state index >= 15 is 0 Å². The van der Waals surface area contributed by atoms with Crippen molar-refractivity contribution < 1.29 is 19.1 Å². The maximum atomic E-state index is 11.9. The largest absolute Gasteiger partial charge is 0.463 e. The first-order valence-electron chi connectivity index (χ1n) is 6.98. The van der Waals surface area contributed by atoms with E-state index in [4.69, 9.17) is 16.3 Å². The van der Waals surface area contributed by atoms with Crippen LogP contribution in [0.4, 0.5) is 4.79 Å². The Balaban J connectivity index is 1.72. The Hall–Kier alpha value is -1.73. The average Bonchev–Trinajstić information content (AvgIpc) is 2.67. The fourth-order valence-electron chi connectivity index (χ4n) is 1.98. The van der Waals surface area contributed by atoms with E-state index < -0.39 is 23.4 Å². The van der Waals surface area contributed by atoms with Crippen molar-refractivity contribution in [1.29, 1.82) is 0 Å². The molecule has 2 rings (SSSR count). The lowest BCUT2D eigenvalue weighted by molar-refractivity contribution is -0.147. The topological polar surface area (TPSA) is 75.7 Å². The lowest BCUT2D eigenvalue weighted by atomic mass is 10.1. The molecule has 8 heteroatoms. The van der Waals surface area contributed by atoms with Crippen LogP contribution in [0.25, 0.3) is 0 Å². The molecule has 1 N–H and O–H groups in total. The van der Waals surface area contributed by atoms with Crippen LogP contribution in [0.15, 0.2) is 29.2 Å². The molecule has 0 bridgehead atoms. The first-order valence-corrected chi connectivity index (χ1v) is 8.34. The number of benzene rings is 1. The second-order valence-electron chi connectivity index (χ2n) is 5.47. The molecule has 1 aromatic carbocycles. The van der Waals surface area contributed by atoms with E-state index in [2.05, 4.69) is 5.32 Å². The maximum absolute atomic E-state index is 11.9. The van der Waals surface area contributed by atoms with Crippen LogP contribution in [0.2, 0.25) is 5.02 Å². The fourth-order valence-corrected chi connectivity index (χ4v) is 2.84. The molecule has 0 unspecified atom stereocenters. The summed E-state index contributed by atoms with van der Waals surface area (Å²) in [5, 5.41) is 3.17. The molecule has 1 aliphatic heterocycles. The molecule has 0 aliphatic carbocycles. The van der Waals surface area contributed by atoms with Crippen molar-refractivity contribution in [1.82, 2.24) is 10.2 Å². The second-order valence-corrected chi connectivity index (χ2v) is 7.07. The van der Waals surface area contributed by atoms with Gasteiger partial charge in [0.15, 0.2) is 0 Å². The van der Waals surface area contributed by atoms with Gasteiger partial charge in [0, 0.05) is 15.7 Å². The van der Waals surface area contributed by atoms with Crippen LogP contribution in [-0.2, 0) is 14.3 Å². The number of thioether (sulfide) groups is 1. The summed E-state index contributed by atoms with van der Waals surface area (Å²) in [4.78, 5) is 37.2. The standard InChI is InChI=1S/C15H17ClN2O4S/c1-15(2)13(20)18(14(21)17-15)9-12(19)22-7-8-23-11-5-3-10(16)4-6-11/h3-6H,7-9H2,1-2H3,(H,17,21). The number of carbonyl (C=O) groups is 3. The van der Waals surface area contributed by atoms with Gasteiger partial charge in [-0.05, 0) is 38.1 Å². The Labute approximate surface area is 143 Å². The number of hydrogen-bond donors (Lipinski definition) is 1. The second kappa shape index (κ2) is 7.23. The molecule has 0 spiro atoms. The lowest BCUT2D eigenvalue weighted by Gasteiger charge is -2.15. The van der Waals surface area contributed by atoms with Gasteiger partial charge >= 0.3 is 12.0 Å². The molecule has 1 heterocycles. The number of imide groups is 1. The summed E-state index contributed by atoms with van der Waals surface area (Å²) in [7, 11) is 0. The zero-order chi connectivity index (χ0) is 17.0. The van der Waals surface area contributed by atoms with Gasteiger partial charge in [-0.1, -0.05) is 11.6 Å². The van der Waals surface area contributed by atoms with E-state index in [1.807, 2.05) is 12.1 Å². The highest BCUT2D eigenvalue weighted by atomic mass is 35.5. The molecule has 0 radical (unpaired) electrons. The number of nitrogens with one attached hydrogen (secondary N) is 1. The smallest absolute Gasteiger partial charge is 0.326 e. The molecule has 1 fully saturated rings. The summed E-state index contributed by atoms with van der Waals surface area (Å²) < 4.78 is 5.05. The molecule has 3 amide bonds. The summed E-state index contributed by atoms with van der Waals surface area (Å²) in [6.45, 7) is 2.99. The van der Waals surface area contributed by atoms with E-state index in [9.17, 15) is 14.4 Å². The summed E-state index contributed by atoms with van der Waals surface area (Å²) in [6, 6.07) is 6.76. The van der Waals surface area contributed by atoms with E-state index in [1.54, 1.807) is 26.0 Å². The zero-order valence-electron chi connectivity index (χ0n) is 12.8. The third-order valence-electron chi connectivity index (χ3n) is 3.16. The van der Waals surface area contributed by atoms with Gasteiger partial charge in [-0.15, -0.1) is 11.8 Å².